The third-order valence-corrected chi connectivity index (χ3v) is 4.43. The number of hydrogen-bond donors (Lipinski definition) is 0. The van der Waals surface area contributed by atoms with Crippen molar-refractivity contribution in [2.75, 3.05) is 0 Å². The molecule has 0 N–H and O–H groups in total. The van der Waals surface area contributed by atoms with E-state index >= 15 is 0 Å². The first-order valence-electron chi connectivity index (χ1n) is 6.43. The average molecular weight is 306 g/mol. The molecule has 0 amide bonds. The SMILES string of the molecule is CC(SC(C)(C)C)C(=O)OC(=O)C(C)SC(C)(C)C. The van der Waals surface area contributed by atoms with Crippen molar-refractivity contribution in [2.45, 2.75) is 75.4 Å². The van der Waals surface area contributed by atoms with Gasteiger partial charge in [-0.2, -0.15) is 0 Å². The fourth-order valence-corrected chi connectivity index (χ4v) is 3.83. The largest absolute Gasteiger partial charge is 0.392 e. The molecule has 0 aliphatic carbocycles. The molecule has 0 fully saturated rings. The zero-order valence-electron chi connectivity index (χ0n) is 13.2. The lowest BCUT2D eigenvalue weighted by atomic mass is 10.3. The Bertz CT molecular complexity index is 295. The van der Waals surface area contributed by atoms with E-state index in [1.807, 2.05) is 41.5 Å². The van der Waals surface area contributed by atoms with Crippen molar-refractivity contribution < 1.29 is 14.3 Å². The number of carbonyl (C=O) groups is 2. The van der Waals surface area contributed by atoms with Crippen molar-refractivity contribution >= 4 is 35.5 Å². The molecule has 19 heavy (non-hydrogen) atoms. The van der Waals surface area contributed by atoms with E-state index in [0.29, 0.717) is 0 Å². The van der Waals surface area contributed by atoms with Gasteiger partial charge in [-0.15, -0.1) is 23.5 Å². The summed E-state index contributed by atoms with van der Waals surface area (Å²) in [6, 6.07) is 0. The summed E-state index contributed by atoms with van der Waals surface area (Å²) in [5, 5.41) is -0.674. The molecule has 0 aromatic heterocycles. The quantitative estimate of drug-likeness (QED) is 0.582. The molecule has 2 unspecified atom stereocenters. The van der Waals surface area contributed by atoms with Gasteiger partial charge in [0.15, 0.2) is 0 Å². The van der Waals surface area contributed by atoms with Crippen molar-refractivity contribution in [3.05, 3.63) is 0 Å². The monoisotopic (exact) mass is 306 g/mol. The normalized spacial score (nSPS) is 15.8. The Morgan fingerprint density at radius 3 is 1.26 bits per heavy atom. The van der Waals surface area contributed by atoms with Crippen molar-refractivity contribution in [1.29, 1.82) is 0 Å². The van der Waals surface area contributed by atoms with Gasteiger partial charge in [0, 0.05) is 9.49 Å². The van der Waals surface area contributed by atoms with Crippen LogP contribution in [0.3, 0.4) is 0 Å². The smallest absolute Gasteiger partial charge is 0.326 e. The molecule has 112 valence electrons. The molecular formula is C14H26O3S2. The lowest BCUT2D eigenvalue weighted by molar-refractivity contribution is -0.158. The topological polar surface area (TPSA) is 43.4 Å². The molecule has 0 aromatic rings. The first-order chi connectivity index (χ1) is 8.32. The maximum Gasteiger partial charge on any atom is 0.326 e. The molecule has 0 aromatic carbocycles. The van der Waals surface area contributed by atoms with Gasteiger partial charge in [-0.05, 0) is 13.8 Å². The van der Waals surface area contributed by atoms with Crippen LogP contribution in [0, 0.1) is 0 Å². The molecular weight excluding hydrogens is 280 g/mol. The highest BCUT2D eigenvalue weighted by molar-refractivity contribution is 8.02. The Morgan fingerprint density at radius 2 is 1.05 bits per heavy atom. The van der Waals surface area contributed by atoms with Crippen molar-refractivity contribution in [3.63, 3.8) is 0 Å². The van der Waals surface area contributed by atoms with E-state index in [-0.39, 0.29) is 20.0 Å². The van der Waals surface area contributed by atoms with Crippen LogP contribution in [0.1, 0.15) is 55.4 Å². The van der Waals surface area contributed by atoms with Gasteiger partial charge >= 0.3 is 11.9 Å². The molecule has 0 rings (SSSR count). The molecule has 2 atom stereocenters. The second-order valence-corrected chi connectivity index (χ2v) is 10.8. The van der Waals surface area contributed by atoms with E-state index in [0.717, 1.165) is 0 Å². The van der Waals surface area contributed by atoms with Crippen LogP contribution in [-0.4, -0.2) is 31.9 Å². The Morgan fingerprint density at radius 1 is 0.789 bits per heavy atom. The molecule has 0 aliphatic rings. The summed E-state index contributed by atoms with van der Waals surface area (Å²) in [5.74, 6) is -0.905. The zero-order chi connectivity index (χ0) is 15.4. The summed E-state index contributed by atoms with van der Waals surface area (Å²) < 4.78 is 4.88. The highest BCUT2D eigenvalue weighted by Crippen LogP contribution is 2.30. The predicted molar refractivity (Wildman–Crippen MR) is 84.7 cm³/mol. The van der Waals surface area contributed by atoms with Gasteiger partial charge in [0.25, 0.3) is 0 Å². The minimum absolute atomic E-state index is 0.0345. The zero-order valence-corrected chi connectivity index (χ0v) is 14.8. The van der Waals surface area contributed by atoms with E-state index in [4.69, 9.17) is 4.74 Å². The van der Waals surface area contributed by atoms with Gasteiger partial charge in [-0.1, -0.05) is 41.5 Å². The van der Waals surface area contributed by atoms with Crippen LogP contribution < -0.4 is 0 Å². The summed E-state index contributed by atoms with van der Waals surface area (Å²) in [5.41, 5.74) is 0. The Labute approximate surface area is 125 Å². The van der Waals surface area contributed by atoms with Gasteiger partial charge in [-0.25, -0.2) is 0 Å². The summed E-state index contributed by atoms with van der Waals surface area (Å²) >= 11 is 3.00. The van der Waals surface area contributed by atoms with E-state index < -0.39 is 11.9 Å². The number of carbonyl (C=O) groups excluding carboxylic acids is 2. The van der Waals surface area contributed by atoms with Crippen LogP contribution in [0.5, 0.6) is 0 Å². The first-order valence-corrected chi connectivity index (χ1v) is 8.19. The van der Waals surface area contributed by atoms with Crippen molar-refractivity contribution in [2.24, 2.45) is 0 Å². The van der Waals surface area contributed by atoms with Crippen LogP contribution >= 0.6 is 23.5 Å². The number of esters is 2. The first kappa shape index (κ1) is 18.8. The molecule has 0 saturated heterocycles. The third kappa shape index (κ3) is 9.38. The fourth-order valence-electron chi connectivity index (χ4n) is 1.42. The second-order valence-electron chi connectivity index (χ2n) is 6.49. The third-order valence-electron chi connectivity index (χ3n) is 1.93. The number of rotatable bonds is 4. The van der Waals surface area contributed by atoms with Crippen molar-refractivity contribution in [3.8, 4) is 0 Å². The maximum absolute atomic E-state index is 11.8. The molecule has 3 nitrogen and oxygen atoms in total. The van der Waals surface area contributed by atoms with E-state index in [9.17, 15) is 9.59 Å². The van der Waals surface area contributed by atoms with Gasteiger partial charge in [0.1, 0.15) is 10.5 Å². The second kappa shape index (κ2) is 7.02. The molecule has 0 saturated carbocycles. The Hall–Kier alpha value is -0.160. The summed E-state index contributed by atoms with van der Waals surface area (Å²) in [7, 11) is 0. The Balaban J connectivity index is 4.37. The molecule has 0 aliphatic heterocycles. The van der Waals surface area contributed by atoms with Gasteiger partial charge in [0.2, 0.25) is 0 Å². The number of ether oxygens (including phenoxy) is 1. The summed E-state index contributed by atoms with van der Waals surface area (Å²) in [6.07, 6.45) is 0. The number of thioether (sulfide) groups is 2. The van der Waals surface area contributed by atoms with Gasteiger partial charge < -0.3 is 4.74 Å². The number of hydrogen-bond acceptors (Lipinski definition) is 5. The van der Waals surface area contributed by atoms with Crippen LogP contribution in [0.2, 0.25) is 0 Å². The maximum atomic E-state index is 11.8. The van der Waals surface area contributed by atoms with Gasteiger partial charge in [-0.3, -0.25) is 9.59 Å². The molecule has 0 heterocycles. The van der Waals surface area contributed by atoms with E-state index in [2.05, 4.69) is 0 Å². The van der Waals surface area contributed by atoms with Crippen LogP contribution in [0.25, 0.3) is 0 Å². The van der Waals surface area contributed by atoms with Crippen LogP contribution in [0.4, 0.5) is 0 Å². The van der Waals surface area contributed by atoms with Crippen molar-refractivity contribution in [1.82, 2.24) is 0 Å². The lowest BCUT2D eigenvalue weighted by Crippen LogP contribution is -2.30. The summed E-state index contributed by atoms with van der Waals surface area (Å²) in [6.45, 7) is 15.7. The predicted octanol–water partition coefficient (Wildman–Crippen LogP) is 3.90. The van der Waals surface area contributed by atoms with E-state index in [1.54, 1.807) is 13.8 Å². The Kier molecular flexibility index (Phi) is 6.96. The standard InChI is InChI=1S/C14H26O3S2/c1-9(18-13(3,4)5)11(15)17-12(16)10(2)19-14(6,7)8/h9-10H,1-8H3. The molecule has 0 bridgehead atoms. The minimum atomic E-state index is -0.453. The highest BCUT2D eigenvalue weighted by Gasteiger charge is 2.28. The lowest BCUT2D eigenvalue weighted by Gasteiger charge is -2.23. The summed E-state index contributed by atoms with van der Waals surface area (Å²) in [4.78, 5) is 23.7. The van der Waals surface area contributed by atoms with Crippen LogP contribution in [-0.2, 0) is 14.3 Å². The fraction of sp³-hybridized carbons (Fsp3) is 0.857. The minimum Gasteiger partial charge on any atom is -0.392 e. The van der Waals surface area contributed by atoms with Gasteiger partial charge in [0.05, 0.1) is 0 Å². The van der Waals surface area contributed by atoms with E-state index in [1.165, 1.54) is 23.5 Å². The highest BCUT2D eigenvalue weighted by atomic mass is 32.2. The van der Waals surface area contributed by atoms with Crippen LogP contribution in [0.15, 0.2) is 0 Å². The molecule has 0 spiro atoms. The molecule has 5 heteroatoms. The average Bonchev–Trinajstić information content (AvgIpc) is 2.11. The molecule has 0 radical (unpaired) electrons.